The molecule has 0 spiro atoms. The van der Waals surface area contributed by atoms with Gasteiger partial charge in [0, 0.05) is 41.4 Å². The van der Waals surface area contributed by atoms with E-state index in [1.54, 1.807) is 7.05 Å². The van der Waals surface area contributed by atoms with Crippen molar-refractivity contribution in [1.82, 2.24) is 10.2 Å². The van der Waals surface area contributed by atoms with E-state index in [2.05, 4.69) is 23.8 Å². The Bertz CT molecular complexity index is 219. The summed E-state index contributed by atoms with van der Waals surface area (Å²) in [6, 6.07) is 1.11. The topological polar surface area (TPSA) is 46.1 Å². The van der Waals surface area contributed by atoms with Crippen molar-refractivity contribution in [3.8, 4) is 0 Å². The minimum absolute atomic E-state index is 0.780. The highest BCUT2D eigenvalue weighted by molar-refractivity contribution is 6.66. The maximum atomic E-state index is 5.63. The van der Waals surface area contributed by atoms with Gasteiger partial charge < -0.3 is 19.1 Å². The summed E-state index contributed by atoms with van der Waals surface area (Å²) in [6.07, 6.45) is 1.16. The van der Waals surface area contributed by atoms with E-state index in [0.29, 0.717) is 0 Å². The van der Waals surface area contributed by atoms with Crippen molar-refractivity contribution in [3.63, 3.8) is 0 Å². The largest absolute Gasteiger partial charge is 0.395 e. The van der Waals surface area contributed by atoms with Gasteiger partial charge in [0.05, 0.1) is 0 Å². The predicted molar refractivity (Wildman–Crippen MR) is 86.1 cm³/mol. The van der Waals surface area contributed by atoms with Crippen LogP contribution in [-0.4, -0.2) is 60.8 Å². The van der Waals surface area contributed by atoms with E-state index in [1.807, 2.05) is 39.9 Å². The molecular formula is C13H33N3O2Si. The third kappa shape index (κ3) is 11.0. The molecule has 0 saturated carbocycles. The summed E-state index contributed by atoms with van der Waals surface area (Å²) in [4.78, 5) is 5.85. The minimum Gasteiger partial charge on any atom is -0.395 e. The molecule has 0 heterocycles. The molecule has 0 atom stereocenters. The van der Waals surface area contributed by atoms with Crippen LogP contribution in [0.2, 0.25) is 12.6 Å². The van der Waals surface area contributed by atoms with Crippen LogP contribution in [0.4, 0.5) is 0 Å². The highest BCUT2D eigenvalue weighted by Crippen LogP contribution is 2.14. The fraction of sp³-hybridized carbons (Fsp3) is 0.923. The summed E-state index contributed by atoms with van der Waals surface area (Å²) in [7, 11) is 5.74. The second-order valence-corrected chi connectivity index (χ2v) is 7.79. The van der Waals surface area contributed by atoms with E-state index < -0.39 is 8.56 Å². The van der Waals surface area contributed by atoms with Gasteiger partial charge in [0.25, 0.3) is 0 Å². The monoisotopic (exact) mass is 291 g/mol. The quantitative estimate of drug-likeness (QED) is 0.463. The lowest BCUT2D eigenvalue weighted by atomic mass is 10.6. The molecule has 0 amide bonds. The Labute approximate surface area is 120 Å². The first kappa shape index (κ1) is 20.7. The van der Waals surface area contributed by atoms with Crippen LogP contribution in [0.5, 0.6) is 0 Å². The summed E-state index contributed by atoms with van der Waals surface area (Å²) in [5.74, 6) is 0.894. The molecule has 1 N–H and O–H groups in total. The van der Waals surface area contributed by atoms with Gasteiger partial charge >= 0.3 is 8.56 Å². The van der Waals surface area contributed by atoms with E-state index in [9.17, 15) is 0 Å². The first-order valence-electron chi connectivity index (χ1n) is 7.00. The zero-order valence-electron chi connectivity index (χ0n) is 14.0. The lowest BCUT2D eigenvalue weighted by molar-refractivity contribution is 0.189. The van der Waals surface area contributed by atoms with Gasteiger partial charge in [0.2, 0.25) is 0 Å². The van der Waals surface area contributed by atoms with E-state index in [-0.39, 0.29) is 0 Å². The van der Waals surface area contributed by atoms with Crippen LogP contribution >= 0.6 is 0 Å². The van der Waals surface area contributed by atoms with Gasteiger partial charge in [0.15, 0.2) is 5.96 Å². The molecule has 5 nitrogen and oxygen atoms in total. The fourth-order valence-electron chi connectivity index (χ4n) is 1.79. The minimum atomic E-state index is -1.75. The predicted octanol–water partition coefficient (Wildman–Crippen LogP) is 2.29. The number of guanidine groups is 1. The van der Waals surface area contributed by atoms with Gasteiger partial charge in [-0.3, -0.25) is 4.99 Å². The SMILES string of the molecule is CCC[Si](C)(OCC)OCC.CN=C(NC)N(C)C. The molecule has 0 unspecified atom stereocenters. The van der Waals surface area contributed by atoms with Gasteiger partial charge in [-0.25, -0.2) is 0 Å². The first-order chi connectivity index (χ1) is 8.90. The number of nitrogens with zero attached hydrogens (tertiary/aromatic N) is 2. The molecule has 0 bridgehead atoms. The van der Waals surface area contributed by atoms with Crippen molar-refractivity contribution in [2.75, 3.05) is 41.4 Å². The second-order valence-electron chi connectivity index (χ2n) is 4.44. The van der Waals surface area contributed by atoms with E-state index in [4.69, 9.17) is 8.85 Å². The third-order valence-electron chi connectivity index (χ3n) is 2.46. The molecule has 6 heteroatoms. The van der Waals surface area contributed by atoms with Crippen molar-refractivity contribution < 1.29 is 8.85 Å². The average Bonchev–Trinajstić information content (AvgIpc) is 2.31. The molecule has 0 aliphatic rings. The Kier molecular flexibility index (Phi) is 13.6. The molecule has 0 fully saturated rings. The molecule has 19 heavy (non-hydrogen) atoms. The van der Waals surface area contributed by atoms with Crippen molar-refractivity contribution >= 4 is 14.5 Å². The maximum Gasteiger partial charge on any atom is 0.334 e. The summed E-state index contributed by atoms with van der Waals surface area (Å²) in [5, 5.41) is 2.93. The van der Waals surface area contributed by atoms with Crippen molar-refractivity contribution in [2.45, 2.75) is 39.8 Å². The van der Waals surface area contributed by atoms with Gasteiger partial charge in [-0.1, -0.05) is 13.3 Å². The van der Waals surface area contributed by atoms with Crippen molar-refractivity contribution in [1.29, 1.82) is 0 Å². The number of aliphatic imine (C=N–C) groups is 1. The molecule has 0 rings (SSSR count). The number of hydrogen-bond donors (Lipinski definition) is 1. The average molecular weight is 292 g/mol. The smallest absolute Gasteiger partial charge is 0.334 e. The Balaban J connectivity index is 0. The normalized spacial score (nSPS) is 11.7. The highest BCUT2D eigenvalue weighted by Gasteiger charge is 2.28. The Morgan fingerprint density at radius 2 is 1.63 bits per heavy atom. The van der Waals surface area contributed by atoms with Gasteiger partial charge in [-0.15, -0.1) is 0 Å². The van der Waals surface area contributed by atoms with Crippen molar-refractivity contribution in [3.05, 3.63) is 0 Å². The number of hydrogen-bond acceptors (Lipinski definition) is 3. The van der Waals surface area contributed by atoms with Gasteiger partial charge in [-0.05, 0) is 26.4 Å². The van der Waals surface area contributed by atoms with Gasteiger partial charge in [0.1, 0.15) is 0 Å². The molecule has 0 aliphatic heterocycles. The first-order valence-corrected chi connectivity index (χ1v) is 9.52. The van der Waals surface area contributed by atoms with Crippen molar-refractivity contribution in [2.24, 2.45) is 4.99 Å². The maximum absolute atomic E-state index is 5.63. The summed E-state index contributed by atoms with van der Waals surface area (Å²) >= 11 is 0. The summed E-state index contributed by atoms with van der Waals surface area (Å²) < 4.78 is 11.3. The highest BCUT2D eigenvalue weighted by atomic mass is 28.4. The molecule has 0 aromatic carbocycles. The standard InChI is InChI=1S/C8H20O2Si.C5H13N3/c1-5-8-11(4,9-6-2)10-7-3;1-6-5(7-2)8(3)4/h5-8H2,1-4H3;1-4H3,(H,6,7). The molecule has 0 radical (unpaired) electrons. The van der Waals surface area contributed by atoms with Crippen LogP contribution in [0.15, 0.2) is 4.99 Å². The second kappa shape index (κ2) is 12.4. The number of nitrogens with one attached hydrogen (secondary N) is 1. The zero-order valence-corrected chi connectivity index (χ0v) is 15.0. The molecular weight excluding hydrogens is 258 g/mol. The zero-order chi connectivity index (χ0) is 15.3. The summed E-state index contributed by atoms with van der Waals surface area (Å²) in [6.45, 7) is 9.93. The molecule has 116 valence electrons. The third-order valence-corrected chi connectivity index (χ3v) is 5.67. The molecule has 0 saturated heterocycles. The molecule has 0 aromatic heterocycles. The fourth-order valence-corrected chi connectivity index (χ4v) is 4.29. The van der Waals surface area contributed by atoms with Crippen LogP contribution in [0, 0.1) is 0 Å². The lowest BCUT2D eigenvalue weighted by Crippen LogP contribution is -2.38. The Morgan fingerprint density at radius 1 is 1.16 bits per heavy atom. The van der Waals surface area contributed by atoms with E-state index >= 15 is 0 Å². The van der Waals surface area contributed by atoms with Crippen LogP contribution in [0.3, 0.4) is 0 Å². The van der Waals surface area contributed by atoms with Crippen LogP contribution in [0.25, 0.3) is 0 Å². The van der Waals surface area contributed by atoms with Crippen LogP contribution in [0.1, 0.15) is 27.2 Å². The Morgan fingerprint density at radius 3 is 1.79 bits per heavy atom. The van der Waals surface area contributed by atoms with Gasteiger partial charge in [-0.2, -0.15) is 0 Å². The molecule has 0 aromatic rings. The van der Waals surface area contributed by atoms with E-state index in [0.717, 1.165) is 31.6 Å². The van der Waals surface area contributed by atoms with Crippen LogP contribution in [-0.2, 0) is 8.85 Å². The lowest BCUT2D eigenvalue weighted by Gasteiger charge is -2.25. The summed E-state index contributed by atoms with van der Waals surface area (Å²) in [5.41, 5.74) is 0. The van der Waals surface area contributed by atoms with E-state index in [1.165, 1.54) is 0 Å². The Hall–Kier alpha value is -0.593. The van der Waals surface area contributed by atoms with Crippen LogP contribution < -0.4 is 5.32 Å². The number of rotatable bonds is 6. The molecule has 0 aliphatic carbocycles.